The van der Waals surface area contributed by atoms with Gasteiger partial charge in [0.15, 0.2) is 5.82 Å². The van der Waals surface area contributed by atoms with Gasteiger partial charge in [0.1, 0.15) is 16.7 Å². The summed E-state index contributed by atoms with van der Waals surface area (Å²) in [6.45, 7) is -0.594. The van der Waals surface area contributed by atoms with Gasteiger partial charge >= 0.3 is 6.61 Å². The quantitative estimate of drug-likeness (QED) is 0.225. The number of nitrogens with two attached hydrogens (primary N) is 1. The van der Waals surface area contributed by atoms with E-state index < -0.39 is 11.9 Å². The second kappa shape index (κ2) is 11.5. The third-order valence-corrected chi connectivity index (χ3v) is 6.22. The Morgan fingerprint density at radius 1 is 1.03 bits per heavy atom. The number of carbonyl (C=O) groups is 1. The van der Waals surface area contributed by atoms with E-state index in [1.54, 1.807) is 24.3 Å². The minimum absolute atomic E-state index is 0.0135. The lowest BCUT2D eigenvalue weighted by molar-refractivity contribution is -0.115. The van der Waals surface area contributed by atoms with Gasteiger partial charge in [-0.05, 0) is 48.9 Å². The monoisotopic (exact) mass is 511 g/mol. The highest BCUT2D eigenvalue weighted by Gasteiger charge is 2.26. The Morgan fingerprint density at radius 3 is 2.42 bits per heavy atom. The van der Waals surface area contributed by atoms with Gasteiger partial charge in [-0.3, -0.25) is 4.79 Å². The molecular weight excluding hydrogens is 488 g/mol. The van der Waals surface area contributed by atoms with Crippen LogP contribution in [0.5, 0.6) is 11.5 Å². The van der Waals surface area contributed by atoms with E-state index in [1.165, 1.54) is 16.8 Å². The van der Waals surface area contributed by atoms with Gasteiger partial charge in [0.05, 0.1) is 12.3 Å². The number of hydrogen-bond acceptors (Lipinski definition) is 7. The van der Waals surface area contributed by atoms with Crippen LogP contribution in [0.4, 0.5) is 14.5 Å². The van der Waals surface area contributed by atoms with Crippen LogP contribution in [0.2, 0.25) is 0 Å². The molecule has 4 aromatic rings. The van der Waals surface area contributed by atoms with Crippen LogP contribution in [0.25, 0.3) is 11.4 Å². The normalized spacial score (nSPS) is 11.8. The molecular formula is C25H23F2N5O3S. The van der Waals surface area contributed by atoms with E-state index in [4.69, 9.17) is 10.6 Å². The number of nitrogen functional groups attached to an aromatic ring is 1. The number of amides is 1. The fraction of sp³-hybridized carbons (Fsp3) is 0.160. The van der Waals surface area contributed by atoms with Crippen LogP contribution >= 0.6 is 11.8 Å². The number of nitrogens with zero attached hydrogens (tertiary/aromatic N) is 3. The van der Waals surface area contributed by atoms with Crippen molar-refractivity contribution in [2.75, 3.05) is 17.8 Å². The van der Waals surface area contributed by atoms with E-state index in [1.807, 2.05) is 49.4 Å². The largest absolute Gasteiger partial charge is 0.492 e. The molecule has 0 saturated heterocycles. The molecule has 186 valence electrons. The zero-order valence-electron chi connectivity index (χ0n) is 19.2. The van der Waals surface area contributed by atoms with E-state index in [-0.39, 0.29) is 11.7 Å². The maximum absolute atomic E-state index is 13.4. The maximum atomic E-state index is 13.4. The molecule has 1 unspecified atom stereocenters. The van der Waals surface area contributed by atoms with Crippen LogP contribution < -0.4 is 20.6 Å². The number of para-hydroxylation sites is 2. The van der Waals surface area contributed by atoms with E-state index in [2.05, 4.69) is 20.3 Å². The summed E-state index contributed by atoms with van der Waals surface area (Å²) >= 11 is 1.13. The molecule has 0 spiro atoms. The molecule has 0 fully saturated rings. The average molecular weight is 512 g/mol. The van der Waals surface area contributed by atoms with Crippen molar-refractivity contribution in [2.24, 2.45) is 0 Å². The summed E-state index contributed by atoms with van der Waals surface area (Å²) in [5, 5.41) is 10.8. The van der Waals surface area contributed by atoms with Gasteiger partial charge in [-0.25, -0.2) is 4.68 Å². The van der Waals surface area contributed by atoms with Gasteiger partial charge in [0, 0.05) is 5.56 Å². The molecule has 36 heavy (non-hydrogen) atoms. The van der Waals surface area contributed by atoms with E-state index in [9.17, 15) is 13.6 Å². The summed E-state index contributed by atoms with van der Waals surface area (Å²) in [6, 6.07) is 22.3. The summed E-state index contributed by atoms with van der Waals surface area (Å²) in [4.78, 5) is 13.4. The number of aromatic nitrogens is 3. The van der Waals surface area contributed by atoms with Gasteiger partial charge in [-0.1, -0.05) is 54.2 Å². The number of hydrogen-bond donors (Lipinski definition) is 2. The molecule has 0 aliphatic rings. The van der Waals surface area contributed by atoms with Gasteiger partial charge in [0.25, 0.3) is 0 Å². The maximum Gasteiger partial charge on any atom is 0.387 e. The number of rotatable bonds is 10. The second-order valence-corrected chi connectivity index (χ2v) is 8.48. The van der Waals surface area contributed by atoms with Crippen molar-refractivity contribution < 1.29 is 23.0 Å². The molecule has 0 aliphatic heterocycles. The van der Waals surface area contributed by atoms with Gasteiger partial charge in [0.2, 0.25) is 11.1 Å². The smallest absolute Gasteiger partial charge is 0.387 e. The Balaban J connectivity index is 1.59. The Bertz CT molecular complexity index is 1300. The number of carbonyl (C=O) groups excluding carboxylic acids is 1. The lowest BCUT2D eigenvalue weighted by atomic mass is 10.1. The van der Waals surface area contributed by atoms with Crippen molar-refractivity contribution in [3.8, 4) is 22.9 Å². The first-order valence-electron chi connectivity index (χ1n) is 11.0. The Labute approximate surface area is 210 Å². The first-order valence-corrected chi connectivity index (χ1v) is 11.8. The van der Waals surface area contributed by atoms with Crippen molar-refractivity contribution in [3.05, 3.63) is 84.4 Å². The lowest BCUT2D eigenvalue weighted by Gasteiger charge is -2.18. The van der Waals surface area contributed by atoms with Crippen molar-refractivity contribution in [3.63, 3.8) is 0 Å². The third kappa shape index (κ3) is 5.92. The molecule has 11 heteroatoms. The molecule has 4 rings (SSSR count). The zero-order chi connectivity index (χ0) is 25.5. The van der Waals surface area contributed by atoms with Crippen LogP contribution in [-0.4, -0.2) is 34.0 Å². The molecule has 0 radical (unpaired) electrons. The molecule has 0 bridgehead atoms. The van der Waals surface area contributed by atoms with E-state index in [0.29, 0.717) is 34.6 Å². The highest BCUT2D eigenvalue weighted by atomic mass is 32.2. The molecule has 1 atom stereocenters. The van der Waals surface area contributed by atoms with Gasteiger partial charge in [-0.2, -0.15) is 8.78 Å². The Kier molecular flexibility index (Phi) is 8.01. The number of alkyl halides is 2. The fourth-order valence-corrected chi connectivity index (χ4v) is 4.35. The van der Waals surface area contributed by atoms with Crippen LogP contribution in [0, 0.1) is 0 Å². The number of nitrogens with one attached hydrogen (secondary N) is 1. The first kappa shape index (κ1) is 25.0. The summed E-state index contributed by atoms with van der Waals surface area (Å²) in [7, 11) is 0. The molecule has 3 N–H and O–H groups in total. The van der Waals surface area contributed by atoms with Crippen molar-refractivity contribution in [1.82, 2.24) is 14.9 Å². The average Bonchev–Trinajstić information content (AvgIpc) is 3.24. The summed E-state index contributed by atoms with van der Waals surface area (Å²) in [5.41, 5.74) is 1.84. The topological polar surface area (TPSA) is 104 Å². The van der Waals surface area contributed by atoms with Crippen LogP contribution in [0.15, 0.2) is 84.0 Å². The van der Waals surface area contributed by atoms with Crippen LogP contribution in [-0.2, 0) is 4.79 Å². The molecule has 0 saturated carbocycles. The minimum atomic E-state index is -2.92. The number of ether oxygens (including phenoxy) is 2. The molecule has 0 aliphatic carbocycles. The van der Waals surface area contributed by atoms with E-state index >= 15 is 0 Å². The van der Waals surface area contributed by atoms with Crippen molar-refractivity contribution >= 4 is 23.4 Å². The van der Waals surface area contributed by atoms with Gasteiger partial charge < -0.3 is 20.6 Å². The molecule has 1 amide bonds. The van der Waals surface area contributed by atoms with E-state index in [0.717, 1.165) is 17.3 Å². The number of anilines is 1. The summed E-state index contributed by atoms with van der Waals surface area (Å²) in [5.74, 6) is 6.85. The second-order valence-electron chi connectivity index (χ2n) is 7.41. The summed E-state index contributed by atoms with van der Waals surface area (Å²) in [6.07, 6.45) is 0. The minimum Gasteiger partial charge on any atom is -0.492 e. The van der Waals surface area contributed by atoms with Crippen molar-refractivity contribution in [1.29, 1.82) is 0 Å². The third-order valence-electron chi connectivity index (χ3n) is 5.01. The van der Waals surface area contributed by atoms with Crippen LogP contribution in [0.1, 0.15) is 17.7 Å². The highest BCUT2D eigenvalue weighted by Crippen LogP contribution is 2.37. The van der Waals surface area contributed by atoms with Gasteiger partial charge in [-0.15, -0.1) is 10.2 Å². The standard InChI is InChI=1S/C25H23F2N5O3S/c1-2-34-20-11-7-6-10-19(20)29-23(33)21(16-8-4-3-5-9-16)36-25-31-30-22(32(25)28)17-12-14-18(15-13-17)35-24(26)27/h3-15,21,24H,2,28H2,1H3,(H,29,33). The zero-order valence-corrected chi connectivity index (χ0v) is 20.0. The predicted octanol–water partition coefficient (Wildman–Crippen LogP) is 5.13. The lowest BCUT2D eigenvalue weighted by Crippen LogP contribution is -2.21. The van der Waals surface area contributed by atoms with Crippen molar-refractivity contribution in [2.45, 2.75) is 23.9 Å². The molecule has 1 heterocycles. The predicted molar refractivity (Wildman–Crippen MR) is 134 cm³/mol. The number of halogens is 2. The molecule has 3 aromatic carbocycles. The summed E-state index contributed by atoms with van der Waals surface area (Å²) < 4.78 is 36.1. The highest BCUT2D eigenvalue weighted by molar-refractivity contribution is 8.00. The molecule has 1 aromatic heterocycles. The Morgan fingerprint density at radius 2 is 1.72 bits per heavy atom. The Hall–Kier alpha value is -4.12. The molecule has 8 nitrogen and oxygen atoms in total. The number of benzene rings is 3. The number of thioether (sulfide) groups is 1. The fourth-order valence-electron chi connectivity index (χ4n) is 3.40. The van der Waals surface area contributed by atoms with Crippen LogP contribution in [0.3, 0.4) is 0 Å². The first-order chi connectivity index (χ1) is 17.5. The SMILES string of the molecule is CCOc1ccccc1NC(=O)C(Sc1nnc(-c2ccc(OC(F)F)cc2)n1N)c1ccccc1.